The zero-order valence-electron chi connectivity index (χ0n) is 12.2. The zero-order valence-corrected chi connectivity index (χ0v) is 12.2. The second kappa shape index (κ2) is 6.37. The van der Waals surface area contributed by atoms with E-state index in [1.54, 1.807) is 0 Å². The summed E-state index contributed by atoms with van der Waals surface area (Å²) < 4.78 is 5.48. The Kier molecular flexibility index (Phi) is 4.78. The quantitative estimate of drug-likeness (QED) is 0.832. The highest BCUT2D eigenvalue weighted by Gasteiger charge is 2.43. The van der Waals surface area contributed by atoms with E-state index < -0.39 is 5.97 Å². The lowest BCUT2D eigenvalue weighted by Crippen LogP contribution is -2.62. The molecule has 0 radical (unpaired) electrons. The molecule has 0 bridgehead atoms. The highest BCUT2D eigenvalue weighted by molar-refractivity contribution is 5.68. The molecule has 1 fully saturated rings. The number of rotatable bonds is 7. The maximum Gasteiger partial charge on any atom is 0.329 e. The van der Waals surface area contributed by atoms with Crippen molar-refractivity contribution in [2.45, 2.75) is 38.3 Å². The molecule has 4 heteroatoms. The van der Waals surface area contributed by atoms with E-state index in [1.807, 2.05) is 13.0 Å². The molecular formula is C16H23NO3. The molecule has 20 heavy (non-hydrogen) atoms. The van der Waals surface area contributed by atoms with Crippen LogP contribution in [0.3, 0.4) is 0 Å². The number of benzene rings is 1. The third kappa shape index (κ3) is 3.58. The first-order valence-electron chi connectivity index (χ1n) is 7.19. The highest BCUT2D eigenvalue weighted by Crippen LogP contribution is 2.35. The first-order chi connectivity index (χ1) is 9.54. The summed E-state index contributed by atoms with van der Waals surface area (Å²) in [4.78, 5) is 13.0. The van der Waals surface area contributed by atoms with Gasteiger partial charge in [0.25, 0.3) is 0 Å². The fourth-order valence-electron chi connectivity index (χ4n) is 2.87. The summed E-state index contributed by atoms with van der Waals surface area (Å²) in [6.45, 7) is 5.55. The molecule has 1 heterocycles. The number of hydrogen-bond acceptors (Lipinski definition) is 3. The van der Waals surface area contributed by atoms with Gasteiger partial charge < -0.3 is 9.84 Å². The van der Waals surface area contributed by atoms with E-state index >= 15 is 0 Å². The minimum Gasteiger partial charge on any atom is -0.480 e. The van der Waals surface area contributed by atoms with E-state index in [4.69, 9.17) is 9.84 Å². The molecule has 1 aliphatic heterocycles. The van der Waals surface area contributed by atoms with Crippen LogP contribution in [-0.2, 0) is 9.53 Å². The zero-order chi connectivity index (χ0) is 14.6. The molecule has 4 nitrogen and oxygen atoms in total. The molecule has 1 aliphatic rings. The Morgan fingerprint density at radius 3 is 2.60 bits per heavy atom. The van der Waals surface area contributed by atoms with Gasteiger partial charge in [-0.25, -0.2) is 4.79 Å². The molecule has 1 atom stereocenters. The van der Waals surface area contributed by atoms with E-state index in [2.05, 4.69) is 36.1 Å². The Bertz CT molecular complexity index is 440. The predicted octanol–water partition coefficient (Wildman–Crippen LogP) is 2.70. The second-order valence-corrected chi connectivity index (χ2v) is 5.75. The van der Waals surface area contributed by atoms with Crippen LogP contribution in [0.4, 0.5) is 0 Å². The van der Waals surface area contributed by atoms with Gasteiger partial charge in [-0.15, -0.1) is 0 Å². The van der Waals surface area contributed by atoms with Gasteiger partial charge in [0.2, 0.25) is 0 Å². The van der Waals surface area contributed by atoms with E-state index in [9.17, 15) is 4.79 Å². The van der Waals surface area contributed by atoms with Gasteiger partial charge in [-0.2, -0.15) is 0 Å². The van der Waals surface area contributed by atoms with Crippen molar-refractivity contribution in [1.82, 2.24) is 4.90 Å². The largest absolute Gasteiger partial charge is 0.480 e. The topological polar surface area (TPSA) is 49.8 Å². The molecule has 2 rings (SSSR count). The molecule has 0 amide bonds. The maximum atomic E-state index is 10.6. The summed E-state index contributed by atoms with van der Waals surface area (Å²) in [7, 11) is 0. The van der Waals surface area contributed by atoms with Crippen molar-refractivity contribution >= 4 is 5.97 Å². The van der Waals surface area contributed by atoms with Crippen molar-refractivity contribution in [3.05, 3.63) is 35.9 Å². The average Bonchev–Trinajstić information content (AvgIpc) is 2.41. The van der Waals surface area contributed by atoms with Gasteiger partial charge in [-0.05, 0) is 18.9 Å². The molecule has 1 saturated heterocycles. The SMILES string of the molecule is CCCC(c1ccccc1)N1CC(C)(OCC(=O)O)C1. The van der Waals surface area contributed by atoms with Crippen LogP contribution in [0.1, 0.15) is 38.3 Å². The standard InChI is InChI=1S/C16H23NO3/c1-3-7-14(13-8-5-4-6-9-13)17-11-16(2,12-17)20-10-15(18)19/h4-6,8-9,14H,3,7,10-12H2,1-2H3,(H,18,19). The van der Waals surface area contributed by atoms with E-state index in [1.165, 1.54) is 5.56 Å². The summed E-state index contributed by atoms with van der Waals surface area (Å²) in [5, 5.41) is 8.70. The number of aliphatic carboxylic acids is 1. The molecule has 0 aliphatic carbocycles. The number of carboxylic acid groups (broad SMARTS) is 1. The minimum absolute atomic E-state index is 0.214. The van der Waals surface area contributed by atoms with Crippen molar-refractivity contribution in [2.24, 2.45) is 0 Å². The molecule has 1 aromatic rings. The van der Waals surface area contributed by atoms with E-state index in [-0.39, 0.29) is 12.2 Å². The molecule has 1 unspecified atom stereocenters. The minimum atomic E-state index is -0.905. The predicted molar refractivity (Wildman–Crippen MR) is 77.7 cm³/mol. The fraction of sp³-hybridized carbons (Fsp3) is 0.562. The summed E-state index contributed by atoms with van der Waals surface area (Å²) >= 11 is 0. The Labute approximate surface area is 120 Å². The van der Waals surface area contributed by atoms with Crippen molar-refractivity contribution in [2.75, 3.05) is 19.7 Å². The van der Waals surface area contributed by atoms with Crippen LogP contribution < -0.4 is 0 Å². The van der Waals surface area contributed by atoms with Gasteiger partial charge in [0.15, 0.2) is 0 Å². The molecule has 0 spiro atoms. The Morgan fingerprint density at radius 1 is 1.40 bits per heavy atom. The monoisotopic (exact) mass is 277 g/mol. The van der Waals surface area contributed by atoms with Gasteiger partial charge in [-0.1, -0.05) is 43.7 Å². The number of carboxylic acids is 1. The van der Waals surface area contributed by atoms with Crippen LogP contribution in [0.15, 0.2) is 30.3 Å². The Balaban J connectivity index is 1.95. The summed E-state index contributed by atoms with van der Waals surface area (Å²) in [5.74, 6) is -0.905. The maximum absolute atomic E-state index is 10.6. The van der Waals surface area contributed by atoms with Gasteiger partial charge in [0, 0.05) is 19.1 Å². The van der Waals surface area contributed by atoms with Crippen LogP contribution >= 0.6 is 0 Å². The van der Waals surface area contributed by atoms with Gasteiger partial charge in [0.05, 0.1) is 5.60 Å². The van der Waals surface area contributed by atoms with Crippen LogP contribution in [0, 0.1) is 0 Å². The van der Waals surface area contributed by atoms with Crippen LogP contribution in [-0.4, -0.2) is 41.3 Å². The van der Waals surface area contributed by atoms with Gasteiger partial charge >= 0.3 is 5.97 Å². The third-order valence-electron chi connectivity index (χ3n) is 3.81. The van der Waals surface area contributed by atoms with E-state index in [0.717, 1.165) is 25.9 Å². The molecule has 1 N–H and O–H groups in total. The summed E-state index contributed by atoms with van der Waals surface area (Å²) in [6.07, 6.45) is 2.24. The smallest absolute Gasteiger partial charge is 0.329 e. The van der Waals surface area contributed by atoms with Gasteiger partial charge in [-0.3, -0.25) is 4.90 Å². The lowest BCUT2D eigenvalue weighted by atomic mass is 9.90. The highest BCUT2D eigenvalue weighted by atomic mass is 16.5. The fourth-order valence-corrected chi connectivity index (χ4v) is 2.87. The third-order valence-corrected chi connectivity index (χ3v) is 3.81. The van der Waals surface area contributed by atoms with Crippen molar-refractivity contribution in [3.8, 4) is 0 Å². The number of nitrogens with zero attached hydrogens (tertiary/aromatic N) is 1. The first kappa shape index (κ1) is 15.0. The number of ether oxygens (including phenoxy) is 1. The molecule has 0 saturated carbocycles. The molecule has 0 aromatic heterocycles. The Hall–Kier alpha value is -1.39. The van der Waals surface area contributed by atoms with Gasteiger partial charge in [0.1, 0.15) is 6.61 Å². The molecular weight excluding hydrogens is 254 g/mol. The second-order valence-electron chi connectivity index (χ2n) is 5.75. The van der Waals surface area contributed by atoms with Crippen molar-refractivity contribution in [3.63, 3.8) is 0 Å². The molecule has 1 aromatic carbocycles. The van der Waals surface area contributed by atoms with Crippen LogP contribution in [0.25, 0.3) is 0 Å². The Morgan fingerprint density at radius 2 is 2.05 bits per heavy atom. The lowest BCUT2D eigenvalue weighted by Gasteiger charge is -2.51. The summed E-state index contributed by atoms with van der Waals surface area (Å²) in [6, 6.07) is 10.9. The lowest BCUT2D eigenvalue weighted by molar-refractivity contribution is -0.170. The molecule has 110 valence electrons. The number of hydrogen-bond donors (Lipinski definition) is 1. The number of likely N-dealkylation sites (tertiary alicyclic amines) is 1. The summed E-state index contributed by atoms with van der Waals surface area (Å²) in [5.41, 5.74) is 1.01. The van der Waals surface area contributed by atoms with Crippen LogP contribution in [0.5, 0.6) is 0 Å². The van der Waals surface area contributed by atoms with E-state index in [0.29, 0.717) is 6.04 Å². The first-order valence-corrected chi connectivity index (χ1v) is 7.19. The van der Waals surface area contributed by atoms with Crippen molar-refractivity contribution in [1.29, 1.82) is 0 Å². The van der Waals surface area contributed by atoms with Crippen molar-refractivity contribution < 1.29 is 14.6 Å². The number of carbonyl (C=O) groups is 1. The normalized spacial score (nSPS) is 19.3. The average molecular weight is 277 g/mol. The van der Waals surface area contributed by atoms with Crippen LogP contribution in [0.2, 0.25) is 0 Å².